The molecule has 0 saturated carbocycles. The first kappa shape index (κ1) is 14.0. The number of likely N-dealkylation sites (tertiary alicyclic amines) is 1. The summed E-state index contributed by atoms with van der Waals surface area (Å²) in [7, 11) is 1.93. The molecule has 17 heavy (non-hydrogen) atoms. The number of carbonyl (C=O) groups is 1. The van der Waals surface area contributed by atoms with Gasteiger partial charge in [-0.05, 0) is 26.8 Å². The molecule has 1 aliphatic heterocycles. The zero-order valence-electron chi connectivity index (χ0n) is 10.1. The van der Waals surface area contributed by atoms with Crippen LogP contribution in [0.4, 0.5) is 0 Å². The highest BCUT2D eigenvalue weighted by Crippen LogP contribution is 2.13. The van der Waals surface area contributed by atoms with Crippen LogP contribution in [0, 0.1) is 6.92 Å². The average Bonchev–Trinajstić information content (AvgIpc) is 2.75. The molecule has 0 aromatic carbocycles. The van der Waals surface area contributed by atoms with E-state index in [1.165, 1.54) is 0 Å². The van der Waals surface area contributed by atoms with Crippen molar-refractivity contribution in [2.45, 2.75) is 25.8 Å². The second-order valence-corrected chi connectivity index (χ2v) is 4.20. The van der Waals surface area contributed by atoms with E-state index in [0.717, 1.165) is 25.9 Å². The Morgan fingerprint density at radius 3 is 3.00 bits per heavy atom. The molecule has 2 rings (SSSR count). The third-order valence-corrected chi connectivity index (χ3v) is 2.96. The van der Waals surface area contributed by atoms with Crippen LogP contribution in [0.5, 0.6) is 0 Å². The summed E-state index contributed by atoms with van der Waals surface area (Å²) in [5.74, 6) is 0.641. The largest absolute Gasteiger partial charge is 0.361 e. The summed E-state index contributed by atoms with van der Waals surface area (Å²) in [4.78, 5) is 13.9. The Balaban J connectivity index is 0.00000144. The highest BCUT2D eigenvalue weighted by Gasteiger charge is 2.25. The van der Waals surface area contributed by atoms with Crippen molar-refractivity contribution in [1.29, 1.82) is 0 Å². The number of carbonyl (C=O) groups excluding carboxylic acids is 1. The highest BCUT2D eigenvalue weighted by molar-refractivity contribution is 5.92. The molecule has 1 aromatic rings. The lowest BCUT2D eigenvalue weighted by atomic mass is 10.1. The van der Waals surface area contributed by atoms with Crippen molar-refractivity contribution < 1.29 is 9.32 Å². The predicted molar refractivity (Wildman–Crippen MR) is 66.5 cm³/mol. The lowest BCUT2D eigenvalue weighted by Gasteiger charge is -2.31. The van der Waals surface area contributed by atoms with Gasteiger partial charge in [0.15, 0.2) is 5.69 Å². The topological polar surface area (TPSA) is 58.4 Å². The minimum Gasteiger partial charge on any atom is -0.361 e. The molecule has 0 spiro atoms. The van der Waals surface area contributed by atoms with Crippen LogP contribution in [0.1, 0.15) is 29.1 Å². The minimum absolute atomic E-state index is 0. The van der Waals surface area contributed by atoms with E-state index in [1.54, 1.807) is 13.0 Å². The summed E-state index contributed by atoms with van der Waals surface area (Å²) in [5, 5.41) is 6.96. The molecule has 2 heterocycles. The lowest BCUT2D eigenvalue weighted by Crippen LogP contribution is -2.47. The summed E-state index contributed by atoms with van der Waals surface area (Å²) in [6.07, 6.45) is 2.16. The van der Waals surface area contributed by atoms with Gasteiger partial charge < -0.3 is 14.7 Å². The van der Waals surface area contributed by atoms with Crippen LogP contribution < -0.4 is 5.32 Å². The molecule has 1 aliphatic rings. The maximum atomic E-state index is 12.1. The third kappa shape index (κ3) is 3.20. The Morgan fingerprint density at radius 2 is 2.41 bits per heavy atom. The second kappa shape index (κ2) is 6.02. The normalized spacial score (nSPS) is 19.9. The van der Waals surface area contributed by atoms with Crippen LogP contribution >= 0.6 is 12.4 Å². The number of aryl methyl sites for hydroxylation is 1. The van der Waals surface area contributed by atoms with Crippen LogP contribution in [-0.4, -0.2) is 42.1 Å². The maximum Gasteiger partial charge on any atom is 0.276 e. The molecule has 5 nitrogen and oxygen atoms in total. The van der Waals surface area contributed by atoms with Crippen LogP contribution in [0.3, 0.4) is 0 Å². The van der Waals surface area contributed by atoms with Gasteiger partial charge in [-0.2, -0.15) is 0 Å². The summed E-state index contributed by atoms with van der Waals surface area (Å²) in [5.41, 5.74) is 0.411. The van der Waals surface area contributed by atoms with E-state index in [2.05, 4.69) is 10.5 Å². The van der Waals surface area contributed by atoms with E-state index < -0.39 is 0 Å². The summed E-state index contributed by atoms with van der Waals surface area (Å²) >= 11 is 0. The molecule has 0 bridgehead atoms. The monoisotopic (exact) mass is 259 g/mol. The van der Waals surface area contributed by atoms with Crippen molar-refractivity contribution in [3.05, 3.63) is 17.5 Å². The Morgan fingerprint density at radius 1 is 1.65 bits per heavy atom. The van der Waals surface area contributed by atoms with Crippen molar-refractivity contribution in [2.24, 2.45) is 0 Å². The number of nitrogens with zero attached hydrogens (tertiary/aromatic N) is 2. The Kier molecular flexibility index (Phi) is 4.96. The summed E-state index contributed by atoms with van der Waals surface area (Å²) < 4.78 is 4.92. The van der Waals surface area contributed by atoms with Gasteiger partial charge in [0.25, 0.3) is 5.91 Å². The van der Waals surface area contributed by atoms with Crippen LogP contribution in [-0.2, 0) is 0 Å². The van der Waals surface area contributed by atoms with E-state index in [9.17, 15) is 4.79 Å². The molecule has 1 fully saturated rings. The van der Waals surface area contributed by atoms with Gasteiger partial charge in [-0.3, -0.25) is 4.79 Å². The highest BCUT2D eigenvalue weighted by atomic mass is 35.5. The molecule has 0 radical (unpaired) electrons. The minimum atomic E-state index is -0.0307. The molecule has 96 valence electrons. The number of hydrogen-bond acceptors (Lipinski definition) is 4. The van der Waals surface area contributed by atoms with E-state index >= 15 is 0 Å². The summed E-state index contributed by atoms with van der Waals surface area (Å²) in [6.45, 7) is 3.35. The number of halogens is 1. The number of hydrogen-bond donors (Lipinski definition) is 1. The van der Waals surface area contributed by atoms with Gasteiger partial charge >= 0.3 is 0 Å². The number of aromatic nitrogens is 1. The smallest absolute Gasteiger partial charge is 0.276 e. The quantitative estimate of drug-likeness (QED) is 0.868. The Labute approximate surface area is 107 Å². The average molecular weight is 260 g/mol. The fraction of sp³-hybridized carbons (Fsp3) is 0.636. The fourth-order valence-electron chi connectivity index (χ4n) is 2.03. The molecular formula is C11H18ClN3O2. The lowest BCUT2D eigenvalue weighted by molar-refractivity contribution is 0.0687. The number of amides is 1. The number of nitrogens with one attached hydrogen (secondary N) is 1. The second-order valence-electron chi connectivity index (χ2n) is 4.20. The van der Waals surface area contributed by atoms with E-state index in [0.29, 0.717) is 17.5 Å². The first-order valence-corrected chi connectivity index (χ1v) is 5.60. The molecule has 1 atom stereocenters. The van der Waals surface area contributed by atoms with Gasteiger partial charge in [-0.15, -0.1) is 12.4 Å². The summed E-state index contributed by atoms with van der Waals surface area (Å²) in [6, 6.07) is 2.08. The maximum absolute atomic E-state index is 12.1. The predicted octanol–water partition coefficient (Wildman–Crippen LogP) is 1.23. The van der Waals surface area contributed by atoms with Crippen molar-refractivity contribution in [3.8, 4) is 0 Å². The van der Waals surface area contributed by atoms with Gasteiger partial charge in [-0.1, -0.05) is 5.16 Å². The molecule has 1 saturated heterocycles. The molecule has 1 N–H and O–H groups in total. The molecule has 6 heteroatoms. The van der Waals surface area contributed by atoms with Gasteiger partial charge in [0, 0.05) is 25.2 Å². The van der Waals surface area contributed by atoms with Crippen molar-refractivity contribution >= 4 is 18.3 Å². The van der Waals surface area contributed by atoms with E-state index in [1.807, 2.05) is 11.9 Å². The zero-order valence-corrected chi connectivity index (χ0v) is 10.9. The molecular weight excluding hydrogens is 242 g/mol. The number of likely N-dealkylation sites (N-methyl/N-ethyl adjacent to an activating group) is 1. The molecule has 0 aliphatic carbocycles. The Hall–Kier alpha value is -1.07. The first-order chi connectivity index (χ1) is 7.70. The Bertz CT molecular complexity index is 381. The van der Waals surface area contributed by atoms with Crippen molar-refractivity contribution in [1.82, 2.24) is 15.4 Å². The SMILES string of the molecule is CNC1CCCN(C(=O)c2cc(C)on2)C1.Cl. The number of rotatable bonds is 2. The third-order valence-electron chi connectivity index (χ3n) is 2.96. The fourth-order valence-corrected chi connectivity index (χ4v) is 2.03. The first-order valence-electron chi connectivity index (χ1n) is 5.60. The van der Waals surface area contributed by atoms with Crippen LogP contribution in [0.2, 0.25) is 0 Å². The van der Waals surface area contributed by atoms with Gasteiger partial charge in [-0.25, -0.2) is 0 Å². The van der Waals surface area contributed by atoms with E-state index in [4.69, 9.17) is 4.52 Å². The van der Waals surface area contributed by atoms with Crippen molar-refractivity contribution in [2.75, 3.05) is 20.1 Å². The van der Waals surface area contributed by atoms with Gasteiger partial charge in [0.2, 0.25) is 0 Å². The van der Waals surface area contributed by atoms with Crippen molar-refractivity contribution in [3.63, 3.8) is 0 Å². The standard InChI is InChI=1S/C11H17N3O2.ClH/c1-8-6-10(13-16-8)11(15)14-5-3-4-9(7-14)12-2;/h6,9,12H,3-5,7H2,1-2H3;1H. The molecule has 1 amide bonds. The van der Waals surface area contributed by atoms with Crippen LogP contribution in [0.15, 0.2) is 10.6 Å². The van der Waals surface area contributed by atoms with Gasteiger partial charge in [0.05, 0.1) is 0 Å². The molecule has 1 aromatic heterocycles. The number of piperidine rings is 1. The van der Waals surface area contributed by atoms with E-state index in [-0.39, 0.29) is 18.3 Å². The van der Waals surface area contributed by atoms with Gasteiger partial charge in [0.1, 0.15) is 5.76 Å². The molecule has 1 unspecified atom stereocenters. The van der Waals surface area contributed by atoms with Crippen LogP contribution in [0.25, 0.3) is 0 Å². The zero-order chi connectivity index (χ0) is 11.5.